The number of halogens is 3. The molecule has 0 aliphatic rings. The molecule has 116 valence electrons. The van der Waals surface area contributed by atoms with Gasteiger partial charge in [-0.05, 0) is 42.5 Å². The van der Waals surface area contributed by atoms with Gasteiger partial charge in [-0.1, -0.05) is 46.6 Å². The lowest BCUT2D eigenvalue weighted by molar-refractivity contribution is 0.729. The molecule has 1 heterocycles. The van der Waals surface area contributed by atoms with Crippen LogP contribution in [0.5, 0.6) is 0 Å². The van der Waals surface area contributed by atoms with Crippen molar-refractivity contribution in [2.24, 2.45) is 0 Å². The predicted molar refractivity (Wildman–Crippen MR) is 93.2 cm³/mol. The highest BCUT2D eigenvalue weighted by atomic mass is 35.5. The maximum absolute atomic E-state index is 12.2. The van der Waals surface area contributed by atoms with Crippen LogP contribution < -0.4 is 5.69 Å². The Morgan fingerprint density at radius 3 is 2.17 bits per heavy atom. The van der Waals surface area contributed by atoms with Crippen molar-refractivity contribution in [2.75, 3.05) is 0 Å². The zero-order valence-electron chi connectivity index (χ0n) is 11.4. The molecule has 4 nitrogen and oxygen atoms in total. The van der Waals surface area contributed by atoms with E-state index in [2.05, 4.69) is 10.1 Å². The van der Waals surface area contributed by atoms with E-state index in [4.69, 9.17) is 34.8 Å². The summed E-state index contributed by atoms with van der Waals surface area (Å²) in [5.74, 6) is 0. The maximum atomic E-state index is 12.2. The molecular weight excluding hydrogens is 377 g/mol. The molecule has 0 bridgehead atoms. The van der Waals surface area contributed by atoms with Gasteiger partial charge >= 0.3 is 5.69 Å². The van der Waals surface area contributed by atoms with Crippen molar-refractivity contribution < 1.29 is 0 Å². The lowest BCUT2D eigenvalue weighted by Crippen LogP contribution is -2.24. The van der Waals surface area contributed by atoms with Crippen molar-refractivity contribution >= 4 is 46.6 Å². The van der Waals surface area contributed by atoms with Crippen molar-refractivity contribution in [3.05, 3.63) is 74.2 Å². The number of benzene rings is 2. The van der Waals surface area contributed by atoms with Crippen LogP contribution >= 0.6 is 46.6 Å². The summed E-state index contributed by atoms with van der Waals surface area (Å²) >= 11 is 19.0. The summed E-state index contributed by atoms with van der Waals surface area (Å²) in [6.07, 6.45) is 1.51. The Bertz CT molecular complexity index is 892. The van der Waals surface area contributed by atoms with Crippen LogP contribution in [0.2, 0.25) is 15.1 Å². The summed E-state index contributed by atoms with van der Waals surface area (Å²) < 4.78 is 1.14. The fourth-order valence-electron chi connectivity index (χ4n) is 1.84. The normalized spacial score (nSPS) is 10.7. The molecule has 0 N–H and O–H groups in total. The molecule has 0 spiro atoms. The summed E-state index contributed by atoms with van der Waals surface area (Å²) in [5, 5.41) is 6.09. The Balaban J connectivity index is 1.91. The third-order valence-corrected chi connectivity index (χ3v) is 4.40. The van der Waals surface area contributed by atoms with Crippen LogP contribution in [0.3, 0.4) is 0 Å². The number of aromatic nitrogens is 3. The van der Waals surface area contributed by atoms with E-state index in [1.54, 1.807) is 30.3 Å². The van der Waals surface area contributed by atoms with Crippen molar-refractivity contribution in [2.45, 2.75) is 9.92 Å². The van der Waals surface area contributed by atoms with E-state index in [1.807, 2.05) is 12.1 Å². The zero-order chi connectivity index (χ0) is 16.4. The van der Waals surface area contributed by atoms with Crippen molar-refractivity contribution in [1.29, 1.82) is 0 Å². The van der Waals surface area contributed by atoms with Crippen LogP contribution in [-0.2, 0) is 0 Å². The summed E-state index contributed by atoms with van der Waals surface area (Å²) in [4.78, 5) is 17.1. The molecule has 1 aromatic heterocycles. The Hall–Kier alpha value is -1.53. The van der Waals surface area contributed by atoms with E-state index >= 15 is 0 Å². The van der Waals surface area contributed by atoms with E-state index in [9.17, 15) is 4.79 Å². The van der Waals surface area contributed by atoms with Gasteiger partial charge in [0.25, 0.3) is 0 Å². The second kappa shape index (κ2) is 6.93. The molecule has 0 fully saturated rings. The van der Waals surface area contributed by atoms with Gasteiger partial charge in [0.1, 0.15) is 5.03 Å². The average Bonchev–Trinajstić information content (AvgIpc) is 2.49. The smallest absolute Gasteiger partial charge is 0.244 e. The molecule has 8 heteroatoms. The van der Waals surface area contributed by atoms with E-state index in [0.29, 0.717) is 25.8 Å². The average molecular weight is 385 g/mol. The van der Waals surface area contributed by atoms with Crippen molar-refractivity contribution in [1.82, 2.24) is 14.8 Å². The molecule has 3 rings (SSSR count). The molecule has 0 aliphatic carbocycles. The minimum Gasteiger partial charge on any atom is -0.244 e. The minimum absolute atomic E-state index is 0.417. The van der Waals surface area contributed by atoms with Crippen LogP contribution in [0, 0.1) is 0 Å². The third kappa shape index (κ3) is 4.06. The highest BCUT2D eigenvalue weighted by molar-refractivity contribution is 7.99. The van der Waals surface area contributed by atoms with Crippen LogP contribution in [0.25, 0.3) is 5.69 Å². The molecule has 0 amide bonds. The first-order valence-corrected chi connectivity index (χ1v) is 8.32. The predicted octanol–water partition coefficient (Wildman–Crippen LogP) is 4.74. The summed E-state index contributed by atoms with van der Waals surface area (Å²) in [5.41, 5.74) is -0.0506. The monoisotopic (exact) mass is 383 g/mol. The van der Waals surface area contributed by atoms with Crippen molar-refractivity contribution in [3.8, 4) is 5.69 Å². The molecule has 0 saturated heterocycles. The lowest BCUT2D eigenvalue weighted by atomic mass is 10.3. The van der Waals surface area contributed by atoms with E-state index < -0.39 is 5.69 Å². The van der Waals surface area contributed by atoms with Crippen molar-refractivity contribution in [3.63, 3.8) is 0 Å². The van der Waals surface area contributed by atoms with Gasteiger partial charge in [-0.2, -0.15) is 14.8 Å². The Morgan fingerprint density at radius 2 is 1.57 bits per heavy atom. The van der Waals surface area contributed by atoms with Gasteiger partial charge in [0.2, 0.25) is 0 Å². The molecule has 0 unspecified atom stereocenters. The van der Waals surface area contributed by atoms with Gasteiger partial charge in [0.05, 0.1) is 11.9 Å². The first-order chi connectivity index (χ1) is 11.0. The fraction of sp³-hybridized carbons (Fsp3) is 0. The van der Waals surface area contributed by atoms with Crippen LogP contribution in [-0.4, -0.2) is 14.8 Å². The van der Waals surface area contributed by atoms with Gasteiger partial charge in [-0.3, -0.25) is 0 Å². The Kier molecular flexibility index (Phi) is 4.92. The number of hydrogen-bond acceptors (Lipinski definition) is 4. The highest BCUT2D eigenvalue weighted by Crippen LogP contribution is 2.26. The van der Waals surface area contributed by atoms with Crippen LogP contribution in [0.4, 0.5) is 0 Å². The van der Waals surface area contributed by atoms with Gasteiger partial charge in [-0.15, -0.1) is 0 Å². The summed E-state index contributed by atoms with van der Waals surface area (Å²) in [6, 6.07) is 12.0. The first-order valence-electron chi connectivity index (χ1n) is 6.37. The maximum Gasteiger partial charge on any atom is 0.369 e. The Labute approximate surface area is 151 Å². The molecule has 0 radical (unpaired) electrons. The Morgan fingerprint density at radius 1 is 0.913 bits per heavy atom. The minimum atomic E-state index is -0.512. The van der Waals surface area contributed by atoms with Crippen LogP contribution in [0.1, 0.15) is 0 Å². The lowest BCUT2D eigenvalue weighted by Gasteiger charge is -2.06. The molecular formula is C15H8Cl3N3OS. The largest absolute Gasteiger partial charge is 0.369 e. The quantitative estimate of drug-likeness (QED) is 0.654. The number of nitrogens with zero attached hydrogens (tertiary/aromatic N) is 3. The first kappa shape index (κ1) is 16.3. The summed E-state index contributed by atoms with van der Waals surface area (Å²) in [6.45, 7) is 0. The van der Waals surface area contributed by atoms with Crippen LogP contribution in [0.15, 0.2) is 63.4 Å². The standard InChI is InChI=1S/C15H8Cl3N3OS/c16-9-1-3-13(4-2-9)23-14-8-19-21(15(22)20-14)12-6-10(17)5-11(18)7-12/h1-8H. The molecule has 0 atom stereocenters. The summed E-state index contributed by atoms with van der Waals surface area (Å²) in [7, 11) is 0. The molecule has 23 heavy (non-hydrogen) atoms. The molecule has 0 saturated carbocycles. The van der Waals surface area contributed by atoms with E-state index in [1.165, 1.54) is 18.0 Å². The van der Waals surface area contributed by atoms with E-state index in [-0.39, 0.29) is 0 Å². The van der Waals surface area contributed by atoms with Gasteiger partial charge in [0.15, 0.2) is 0 Å². The topological polar surface area (TPSA) is 47.8 Å². The van der Waals surface area contributed by atoms with Gasteiger partial charge in [0, 0.05) is 20.0 Å². The fourth-order valence-corrected chi connectivity index (χ4v) is 3.22. The number of hydrogen-bond donors (Lipinski definition) is 0. The second-order valence-electron chi connectivity index (χ2n) is 4.47. The third-order valence-electron chi connectivity index (χ3n) is 2.80. The molecule has 0 aliphatic heterocycles. The van der Waals surface area contributed by atoms with Gasteiger partial charge in [-0.25, -0.2) is 4.79 Å². The highest BCUT2D eigenvalue weighted by Gasteiger charge is 2.07. The zero-order valence-corrected chi connectivity index (χ0v) is 14.5. The second-order valence-corrected chi connectivity index (χ2v) is 6.88. The SMILES string of the molecule is O=c1nc(Sc2ccc(Cl)cc2)cnn1-c1cc(Cl)cc(Cl)c1. The molecule has 3 aromatic rings. The van der Waals surface area contributed by atoms with E-state index in [0.717, 1.165) is 9.58 Å². The number of rotatable bonds is 3. The van der Waals surface area contributed by atoms with Gasteiger partial charge < -0.3 is 0 Å². The molecule has 2 aromatic carbocycles.